The van der Waals surface area contributed by atoms with E-state index in [-0.39, 0.29) is 23.5 Å². The zero-order chi connectivity index (χ0) is 19.1. The number of hydrogen-bond donors (Lipinski definition) is 2. The molecule has 3 aromatic rings. The molecule has 1 fully saturated rings. The zero-order valence-electron chi connectivity index (χ0n) is 14.8. The van der Waals surface area contributed by atoms with Crippen molar-refractivity contribution in [2.24, 2.45) is 11.7 Å². The number of hydrogen-bond acceptors (Lipinski definition) is 6. The first-order valence-electron chi connectivity index (χ1n) is 8.78. The number of nitrogens with two attached hydrogens (primary N) is 1. The summed E-state index contributed by atoms with van der Waals surface area (Å²) in [6.45, 7) is 2.92. The summed E-state index contributed by atoms with van der Waals surface area (Å²) < 4.78 is 16.0. The van der Waals surface area contributed by atoms with E-state index in [1.165, 1.54) is 21.9 Å². The van der Waals surface area contributed by atoms with Gasteiger partial charge in [0.2, 0.25) is 16.7 Å². The Kier molecular flexibility index (Phi) is 4.56. The maximum absolute atomic E-state index is 14.6. The molecule has 27 heavy (non-hydrogen) atoms. The van der Waals surface area contributed by atoms with Gasteiger partial charge in [0, 0.05) is 11.5 Å². The number of thiazole rings is 1. The normalized spacial score (nSPS) is 17.4. The van der Waals surface area contributed by atoms with Crippen LogP contribution in [0.5, 0.6) is 5.88 Å². The zero-order valence-corrected chi connectivity index (χ0v) is 15.6. The Labute approximate surface area is 159 Å². The van der Waals surface area contributed by atoms with Crippen LogP contribution >= 0.6 is 11.3 Å². The topological polar surface area (TPSA) is 96.8 Å². The summed E-state index contributed by atoms with van der Waals surface area (Å²) in [4.78, 5) is 19.0. The fourth-order valence-corrected chi connectivity index (χ4v) is 4.82. The smallest absolute Gasteiger partial charge is 0.230 e. The summed E-state index contributed by atoms with van der Waals surface area (Å²) in [7, 11) is 0. The van der Waals surface area contributed by atoms with Crippen LogP contribution in [0.3, 0.4) is 0 Å². The Morgan fingerprint density at radius 1 is 1.37 bits per heavy atom. The molecule has 1 aliphatic rings. The lowest BCUT2D eigenvalue weighted by Gasteiger charge is -2.36. The van der Waals surface area contributed by atoms with E-state index in [4.69, 9.17) is 5.73 Å². The van der Waals surface area contributed by atoms with Gasteiger partial charge >= 0.3 is 0 Å². The summed E-state index contributed by atoms with van der Waals surface area (Å²) >= 11 is 1.30. The van der Waals surface area contributed by atoms with E-state index >= 15 is 0 Å². The van der Waals surface area contributed by atoms with Crippen LogP contribution in [0.25, 0.3) is 4.96 Å². The first-order valence-corrected chi connectivity index (χ1v) is 9.60. The number of aromatic nitrogens is 3. The molecule has 1 saturated heterocycles. The van der Waals surface area contributed by atoms with Crippen molar-refractivity contribution in [3.63, 3.8) is 0 Å². The molecule has 1 amide bonds. The number of fused-ring (bicyclic) bond motifs is 1. The van der Waals surface area contributed by atoms with Gasteiger partial charge in [0.05, 0.1) is 10.9 Å². The number of likely N-dealkylation sites (tertiary alicyclic amines) is 1. The molecule has 0 saturated carbocycles. The number of amides is 1. The monoisotopic (exact) mass is 389 g/mol. The van der Waals surface area contributed by atoms with E-state index in [2.05, 4.69) is 15.0 Å². The van der Waals surface area contributed by atoms with E-state index in [9.17, 15) is 14.3 Å². The number of benzene rings is 1. The highest BCUT2D eigenvalue weighted by atomic mass is 32.1. The van der Waals surface area contributed by atoms with Gasteiger partial charge in [0.25, 0.3) is 0 Å². The van der Waals surface area contributed by atoms with Gasteiger partial charge < -0.3 is 10.8 Å². The van der Waals surface area contributed by atoms with Crippen LogP contribution in [0.1, 0.15) is 35.1 Å². The second-order valence-corrected chi connectivity index (χ2v) is 7.79. The van der Waals surface area contributed by atoms with Gasteiger partial charge in [-0.15, -0.1) is 5.10 Å². The average molecular weight is 389 g/mol. The molecular weight excluding hydrogens is 369 g/mol. The minimum atomic E-state index is -0.478. The number of carbonyl (C=O) groups is 1. The van der Waals surface area contributed by atoms with Gasteiger partial charge in [-0.2, -0.15) is 4.52 Å². The SMILES string of the molecule is Cc1nc2sc(C(c3ccccc3F)N3CCC(C(N)=O)CC3)c(O)n2n1. The van der Waals surface area contributed by atoms with Crippen molar-refractivity contribution >= 4 is 22.2 Å². The molecule has 9 heteroatoms. The number of aryl methyl sites for hydroxylation is 1. The number of primary amides is 1. The minimum Gasteiger partial charge on any atom is -0.492 e. The summed E-state index contributed by atoms with van der Waals surface area (Å²) in [5, 5.41) is 14.9. The van der Waals surface area contributed by atoms with Crippen LogP contribution in [-0.4, -0.2) is 43.6 Å². The number of halogens is 1. The third kappa shape index (κ3) is 3.17. The molecule has 0 bridgehead atoms. The van der Waals surface area contributed by atoms with Crippen molar-refractivity contribution in [2.75, 3.05) is 13.1 Å². The Bertz CT molecular complexity index is 993. The molecule has 1 aliphatic heterocycles. The second kappa shape index (κ2) is 6.90. The Hall–Kier alpha value is -2.52. The third-order valence-corrected chi connectivity index (χ3v) is 6.12. The van der Waals surface area contributed by atoms with Crippen molar-refractivity contribution < 1.29 is 14.3 Å². The Balaban J connectivity index is 1.77. The molecule has 0 aliphatic carbocycles. The van der Waals surface area contributed by atoms with E-state index in [1.807, 2.05) is 0 Å². The molecule has 3 heterocycles. The van der Waals surface area contributed by atoms with E-state index in [0.717, 1.165) is 0 Å². The molecule has 1 atom stereocenters. The van der Waals surface area contributed by atoms with Crippen LogP contribution in [0.4, 0.5) is 4.39 Å². The van der Waals surface area contributed by atoms with Gasteiger partial charge in [-0.1, -0.05) is 29.5 Å². The van der Waals surface area contributed by atoms with Crippen molar-refractivity contribution in [2.45, 2.75) is 25.8 Å². The first kappa shape index (κ1) is 17.9. The highest BCUT2D eigenvalue weighted by molar-refractivity contribution is 7.17. The van der Waals surface area contributed by atoms with Gasteiger partial charge in [0.1, 0.15) is 11.6 Å². The third-order valence-electron chi connectivity index (χ3n) is 5.05. The Morgan fingerprint density at radius 2 is 2.07 bits per heavy atom. The van der Waals surface area contributed by atoms with Crippen molar-refractivity contribution in [1.82, 2.24) is 19.5 Å². The summed E-state index contributed by atoms with van der Waals surface area (Å²) in [6.07, 6.45) is 1.22. The van der Waals surface area contributed by atoms with Crippen molar-refractivity contribution in [1.29, 1.82) is 0 Å². The van der Waals surface area contributed by atoms with Crippen LogP contribution in [0.2, 0.25) is 0 Å². The summed E-state index contributed by atoms with van der Waals surface area (Å²) in [5.41, 5.74) is 5.91. The first-order chi connectivity index (χ1) is 13.0. The molecule has 3 N–H and O–H groups in total. The molecule has 0 radical (unpaired) electrons. The second-order valence-electron chi connectivity index (χ2n) is 6.78. The number of nitrogens with zero attached hydrogens (tertiary/aromatic N) is 4. The quantitative estimate of drug-likeness (QED) is 0.713. The fraction of sp³-hybridized carbons (Fsp3) is 0.389. The molecule has 4 rings (SSSR count). The molecule has 1 aromatic carbocycles. The van der Waals surface area contributed by atoms with Crippen molar-refractivity contribution in [3.05, 3.63) is 46.3 Å². The largest absolute Gasteiger partial charge is 0.492 e. The van der Waals surface area contributed by atoms with E-state index < -0.39 is 6.04 Å². The summed E-state index contributed by atoms with van der Waals surface area (Å²) in [5.74, 6) is -0.266. The van der Waals surface area contributed by atoms with Gasteiger partial charge in [-0.25, -0.2) is 9.37 Å². The summed E-state index contributed by atoms with van der Waals surface area (Å²) in [6, 6.07) is 6.08. The lowest BCUT2D eigenvalue weighted by Crippen LogP contribution is -2.40. The predicted molar refractivity (Wildman–Crippen MR) is 99.0 cm³/mol. The molecule has 7 nitrogen and oxygen atoms in total. The highest BCUT2D eigenvalue weighted by Crippen LogP contribution is 2.41. The minimum absolute atomic E-state index is 0.0270. The van der Waals surface area contributed by atoms with E-state index in [1.54, 1.807) is 25.1 Å². The number of rotatable bonds is 4. The molecule has 1 unspecified atom stereocenters. The lowest BCUT2D eigenvalue weighted by molar-refractivity contribution is -0.123. The van der Waals surface area contributed by atoms with Gasteiger partial charge in [0.15, 0.2) is 0 Å². The van der Waals surface area contributed by atoms with E-state index in [0.29, 0.717) is 47.2 Å². The van der Waals surface area contributed by atoms with Crippen LogP contribution in [0.15, 0.2) is 24.3 Å². The molecule has 142 valence electrons. The van der Waals surface area contributed by atoms with Crippen molar-refractivity contribution in [3.8, 4) is 5.88 Å². The molecule has 0 spiro atoms. The lowest BCUT2D eigenvalue weighted by atomic mass is 9.93. The van der Waals surface area contributed by atoms with Gasteiger partial charge in [-0.3, -0.25) is 9.69 Å². The predicted octanol–water partition coefficient (Wildman–Crippen LogP) is 2.23. The molecular formula is C18H20FN5O2S. The van der Waals surface area contributed by atoms with Crippen LogP contribution < -0.4 is 5.73 Å². The fourth-order valence-electron chi connectivity index (χ4n) is 3.67. The van der Waals surface area contributed by atoms with Gasteiger partial charge in [-0.05, 0) is 38.9 Å². The standard InChI is InChI=1S/C18H20FN5O2S/c1-10-21-18-24(22-10)17(26)15(27-18)14(12-4-2-3-5-13(12)19)23-8-6-11(7-9-23)16(20)25/h2-5,11,14,26H,6-9H2,1H3,(H2,20,25). The maximum Gasteiger partial charge on any atom is 0.230 e. The number of carbonyl (C=O) groups excluding carboxylic acids is 1. The van der Waals surface area contributed by atoms with Crippen LogP contribution in [-0.2, 0) is 4.79 Å². The number of aromatic hydroxyl groups is 1. The highest BCUT2D eigenvalue weighted by Gasteiger charge is 2.34. The maximum atomic E-state index is 14.6. The van der Waals surface area contributed by atoms with Crippen LogP contribution in [0, 0.1) is 18.7 Å². The average Bonchev–Trinajstić information content (AvgIpc) is 3.15. The molecule has 2 aromatic heterocycles. The number of piperidine rings is 1. The Morgan fingerprint density at radius 3 is 2.70 bits per heavy atom.